The van der Waals surface area contributed by atoms with Crippen LogP contribution in [0.5, 0.6) is 0 Å². The predicted octanol–water partition coefficient (Wildman–Crippen LogP) is 2.49. The zero-order valence-electron chi connectivity index (χ0n) is 20.7. The standard InChI is InChI=1S/C25H30N2O7S2/c1-15-11-26(12-16(2)33-15)35(29,30)19-5-7-21-22-8-6-20(10-24(22)25(28)23(21)9-19)36(31,32)27-13-17(3)34-18(4)14-27/h5-10,15-18H,11-14H2,1-4H3/t15-,16-,17-,18-/m1/s1. The predicted molar refractivity (Wildman–Crippen MR) is 133 cm³/mol. The van der Waals surface area contributed by atoms with Crippen molar-refractivity contribution in [3.8, 4) is 11.1 Å². The van der Waals surface area contributed by atoms with Crippen molar-refractivity contribution in [2.75, 3.05) is 26.2 Å². The molecule has 36 heavy (non-hydrogen) atoms. The molecule has 0 N–H and O–H groups in total. The van der Waals surface area contributed by atoms with Crippen molar-refractivity contribution >= 4 is 25.8 Å². The first-order valence-corrected chi connectivity index (χ1v) is 14.9. The molecule has 11 heteroatoms. The molecule has 2 fully saturated rings. The van der Waals surface area contributed by atoms with Gasteiger partial charge in [0.05, 0.1) is 34.2 Å². The quantitative estimate of drug-likeness (QED) is 0.506. The van der Waals surface area contributed by atoms with E-state index in [-0.39, 0.29) is 77.3 Å². The van der Waals surface area contributed by atoms with Crippen LogP contribution in [-0.4, -0.2) is 81.8 Å². The van der Waals surface area contributed by atoms with Gasteiger partial charge in [-0.05, 0) is 63.1 Å². The van der Waals surface area contributed by atoms with Gasteiger partial charge in [-0.15, -0.1) is 0 Å². The molecule has 9 nitrogen and oxygen atoms in total. The largest absolute Gasteiger partial charge is 0.373 e. The molecule has 3 aliphatic rings. The van der Waals surface area contributed by atoms with Crippen LogP contribution >= 0.6 is 0 Å². The SMILES string of the molecule is C[C@@H]1CN(S(=O)(=O)c2ccc3c(c2)C(=O)c2cc(S(=O)(=O)N4C[C@@H](C)O[C@H](C)C4)ccc2-3)C[C@@H](C)O1. The molecule has 5 rings (SSSR count). The third-order valence-corrected chi connectivity index (χ3v) is 10.5. The summed E-state index contributed by atoms with van der Waals surface area (Å²) in [6.45, 7) is 8.23. The van der Waals surface area contributed by atoms with Gasteiger partial charge in [0.15, 0.2) is 5.78 Å². The van der Waals surface area contributed by atoms with Crippen LogP contribution in [0.4, 0.5) is 0 Å². The van der Waals surface area contributed by atoms with Gasteiger partial charge in [-0.2, -0.15) is 8.61 Å². The summed E-state index contributed by atoms with van der Waals surface area (Å²) < 4.78 is 67.4. The van der Waals surface area contributed by atoms with Gasteiger partial charge < -0.3 is 9.47 Å². The Morgan fingerprint density at radius 1 is 0.611 bits per heavy atom. The minimum Gasteiger partial charge on any atom is -0.373 e. The zero-order chi connectivity index (χ0) is 26.0. The molecular formula is C25H30N2O7S2. The molecule has 2 aromatic carbocycles. The van der Waals surface area contributed by atoms with Gasteiger partial charge in [-0.25, -0.2) is 16.8 Å². The number of sulfonamides is 2. The second kappa shape index (κ2) is 9.00. The number of ether oxygens (including phenoxy) is 2. The van der Waals surface area contributed by atoms with E-state index in [4.69, 9.17) is 9.47 Å². The monoisotopic (exact) mass is 534 g/mol. The van der Waals surface area contributed by atoms with Gasteiger partial charge in [0.2, 0.25) is 20.0 Å². The van der Waals surface area contributed by atoms with Crippen molar-refractivity contribution in [3.63, 3.8) is 0 Å². The summed E-state index contributed by atoms with van der Waals surface area (Å²) in [5.41, 5.74) is 1.69. The number of hydrogen-bond acceptors (Lipinski definition) is 7. The lowest BCUT2D eigenvalue weighted by Crippen LogP contribution is -2.48. The normalized spacial score (nSPS) is 27.6. The topological polar surface area (TPSA) is 110 Å². The van der Waals surface area contributed by atoms with Gasteiger partial charge in [-0.1, -0.05) is 12.1 Å². The highest BCUT2D eigenvalue weighted by atomic mass is 32.2. The summed E-state index contributed by atoms with van der Waals surface area (Å²) >= 11 is 0. The molecule has 0 radical (unpaired) electrons. The molecule has 0 bridgehead atoms. The van der Waals surface area contributed by atoms with Crippen molar-refractivity contribution < 1.29 is 31.1 Å². The van der Waals surface area contributed by atoms with Crippen molar-refractivity contribution in [2.45, 2.75) is 61.9 Å². The van der Waals surface area contributed by atoms with Crippen molar-refractivity contribution in [3.05, 3.63) is 47.5 Å². The lowest BCUT2D eigenvalue weighted by Gasteiger charge is -2.34. The molecule has 1 aliphatic carbocycles. The second-order valence-electron chi connectivity index (χ2n) is 9.90. The maximum atomic E-state index is 13.4. The summed E-state index contributed by atoms with van der Waals surface area (Å²) in [5.74, 6) is -0.387. The number of carbonyl (C=O) groups is 1. The van der Waals surface area contributed by atoms with Crippen LogP contribution in [0.25, 0.3) is 11.1 Å². The smallest absolute Gasteiger partial charge is 0.243 e. The Morgan fingerprint density at radius 3 is 1.28 bits per heavy atom. The Labute approximate surface area is 212 Å². The summed E-state index contributed by atoms with van der Waals surface area (Å²) in [6, 6.07) is 9.05. The van der Waals surface area contributed by atoms with Crippen LogP contribution in [0.2, 0.25) is 0 Å². The lowest BCUT2D eigenvalue weighted by molar-refractivity contribution is -0.0442. The summed E-state index contributed by atoms with van der Waals surface area (Å²) in [5, 5.41) is 0. The number of nitrogens with zero attached hydrogens (tertiary/aromatic N) is 2. The van der Waals surface area contributed by atoms with E-state index < -0.39 is 20.0 Å². The van der Waals surface area contributed by atoms with E-state index in [1.54, 1.807) is 12.1 Å². The lowest BCUT2D eigenvalue weighted by atomic mass is 10.1. The van der Waals surface area contributed by atoms with E-state index in [9.17, 15) is 21.6 Å². The van der Waals surface area contributed by atoms with E-state index in [0.717, 1.165) is 0 Å². The second-order valence-corrected chi connectivity index (χ2v) is 13.8. The highest BCUT2D eigenvalue weighted by Gasteiger charge is 2.37. The van der Waals surface area contributed by atoms with Crippen LogP contribution in [0, 0.1) is 0 Å². The Hall–Kier alpha value is -2.15. The van der Waals surface area contributed by atoms with Crippen LogP contribution in [0.1, 0.15) is 43.6 Å². The average Bonchev–Trinajstić information content (AvgIpc) is 3.09. The van der Waals surface area contributed by atoms with Gasteiger partial charge in [0, 0.05) is 37.3 Å². The Kier molecular flexibility index (Phi) is 6.37. The number of rotatable bonds is 4. The Bertz CT molecular complexity index is 1310. The van der Waals surface area contributed by atoms with Crippen molar-refractivity contribution in [2.24, 2.45) is 0 Å². The first-order valence-electron chi connectivity index (χ1n) is 12.0. The Morgan fingerprint density at radius 2 is 0.944 bits per heavy atom. The van der Waals surface area contributed by atoms with Gasteiger partial charge in [0.25, 0.3) is 0 Å². The third-order valence-electron chi connectivity index (χ3n) is 6.81. The Balaban J connectivity index is 1.47. The summed E-state index contributed by atoms with van der Waals surface area (Å²) in [4.78, 5) is 13.4. The molecule has 0 saturated carbocycles. The molecule has 0 aromatic heterocycles. The average molecular weight is 535 g/mol. The van der Waals surface area contributed by atoms with Crippen molar-refractivity contribution in [1.82, 2.24) is 8.61 Å². The molecule has 2 heterocycles. The molecule has 2 aliphatic heterocycles. The van der Waals surface area contributed by atoms with Gasteiger partial charge >= 0.3 is 0 Å². The molecule has 0 spiro atoms. The van der Waals surface area contributed by atoms with E-state index in [1.165, 1.54) is 32.9 Å². The highest BCUT2D eigenvalue weighted by molar-refractivity contribution is 7.89. The van der Waals surface area contributed by atoms with E-state index in [0.29, 0.717) is 11.1 Å². The highest BCUT2D eigenvalue weighted by Crippen LogP contribution is 2.39. The fourth-order valence-electron chi connectivity index (χ4n) is 5.31. The molecular weight excluding hydrogens is 504 g/mol. The van der Waals surface area contributed by atoms with Crippen LogP contribution in [-0.2, 0) is 29.5 Å². The maximum absolute atomic E-state index is 13.4. The maximum Gasteiger partial charge on any atom is 0.243 e. The number of morpholine rings is 2. The van der Waals surface area contributed by atoms with Crippen LogP contribution in [0.3, 0.4) is 0 Å². The number of hydrogen-bond donors (Lipinski definition) is 0. The molecule has 0 amide bonds. The number of carbonyl (C=O) groups excluding carboxylic acids is 1. The molecule has 194 valence electrons. The summed E-state index contributed by atoms with van der Waals surface area (Å²) in [6.07, 6.45) is -0.938. The van der Waals surface area contributed by atoms with E-state index >= 15 is 0 Å². The number of ketones is 1. The molecule has 0 unspecified atom stereocenters. The van der Waals surface area contributed by atoms with E-state index in [2.05, 4.69) is 0 Å². The van der Waals surface area contributed by atoms with Crippen LogP contribution in [0.15, 0.2) is 46.2 Å². The fourth-order valence-corrected chi connectivity index (χ4v) is 8.54. The minimum absolute atomic E-state index is 0.0350. The first-order chi connectivity index (χ1) is 16.9. The molecule has 2 aromatic rings. The molecule has 4 atom stereocenters. The zero-order valence-corrected chi connectivity index (χ0v) is 22.3. The van der Waals surface area contributed by atoms with Crippen molar-refractivity contribution in [1.29, 1.82) is 0 Å². The minimum atomic E-state index is -3.83. The van der Waals surface area contributed by atoms with Gasteiger partial charge in [0.1, 0.15) is 0 Å². The summed E-state index contributed by atoms with van der Waals surface area (Å²) in [7, 11) is -7.66. The van der Waals surface area contributed by atoms with Gasteiger partial charge in [-0.3, -0.25) is 4.79 Å². The number of benzene rings is 2. The molecule has 2 saturated heterocycles. The fraction of sp³-hybridized carbons (Fsp3) is 0.480. The van der Waals surface area contributed by atoms with Crippen LogP contribution < -0.4 is 0 Å². The third kappa shape index (κ3) is 4.31. The number of fused-ring (bicyclic) bond motifs is 3. The van der Waals surface area contributed by atoms with E-state index in [1.807, 2.05) is 27.7 Å². The first kappa shape index (κ1) is 25.5.